The van der Waals surface area contributed by atoms with E-state index in [4.69, 9.17) is 0 Å². The van der Waals surface area contributed by atoms with Gasteiger partial charge in [0.25, 0.3) is 5.91 Å². The minimum Gasteiger partial charge on any atom is -0.548 e. The Morgan fingerprint density at radius 2 is 1.38 bits per heavy atom. The molecular formula is C25H28N4O3. The molecule has 2 atom stereocenters. The minimum absolute atomic E-state index is 0.148. The molecule has 0 unspecified atom stereocenters. The van der Waals surface area contributed by atoms with Crippen LogP contribution in [0.15, 0.2) is 60.9 Å². The Balaban J connectivity index is 1.56. The predicted octanol–water partition coefficient (Wildman–Crippen LogP) is 1.74. The van der Waals surface area contributed by atoms with Crippen LogP contribution in [0.5, 0.6) is 0 Å². The van der Waals surface area contributed by atoms with Crippen LogP contribution in [-0.4, -0.2) is 59.6 Å². The number of nitrogens with one attached hydrogen (secondary N) is 3. The molecule has 0 saturated heterocycles. The van der Waals surface area contributed by atoms with Gasteiger partial charge in [0.05, 0.1) is 33.2 Å². The van der Waals surface area contributed by atoms with E-state index in [2.05, 4.69) is 15.3 Å². The second-order valence-corrected chi connectivity index (χ2v) is 9.14. The van der Waals surface area contributed by atoms with Crippen molar-refractivity contribution < 1.29 is 19.2 Å². The van der Waals surface area contributed by atoms with Gasteiger partial charge in [0.2, 0.25) is 0 Å². The number of H-pyrrole nitrogens is 2. The van der Waals surface area contributed by atoms with Crippen LogP contribution >= 0.6 is 0 Å². The van der Waals surface area contributed by atoms with Crippen LogP contribution in [0.2, 0.25) is 0 Å². The van der Waals surface area contributed by atoms with Crippen molar-refractivity contribution in [3.8, 4) is 0 Å². The Bertz CT molecular complexity index is 1260. The van der Waals surface area contributed by atoms with Crippen LogP contribution in [0.25, 0.3) is 21.8 Å². The zero-order valence-corrected chi connectivity index (χ0v) is 18.5. The highest BCUT2D eigenvalue weighted by Gasteiger charge is 2.34. The average molecular weight is 433 g/mol. The first-order valence-electron chi connectivity index (χ1n) is 10.7. The van der Waals surface area contributed by atoms with Crippen molar-refractivity contribution in [2.24, 2.45) is 0 Å². The quantitative estimate of drug-likeness (QED) is 0.370. The number of carbonyl (C=O) groups is 2. The molecule has 4 rings (SSSR count). The minimum atomic E-state index is -1.30. The number of carbonyl (C=O) groups excluding carboxylic acids is 2. The third-order valence-corrected chi connectivity index (χ3v) is 6.03. The van der Waals surface area contributed by atoms with Gasteiger partial charge in [-0.3, -0.25) is 4.79 Å². The fourth-order valence-corrected chi connectivity index (χ4v) is 4.21. The summed E-state index contributed by atoms with van der Waals surface area (Å²) in [5.74, 6) is -1.60. The molecule has 7 heteroatoms. The van der Waals surface area contributed by atoms with Crippen molar-refractivity contribution in [1.29, 1.82) is 0 Å². The second kappa shape index (κ2) is 8.51. The van der Waals surface area contributed by atoms with Crippen LogP contribution < -0.4 is 10.4 Å². The normalized spacial score (nSPS) is 13.8. The summed E-state index contributed by atoms with van der Waals surface area (Å²) in [7, 11) is 5.81. The molecule has 2 aromatic heterocycles. The molecule has 0 aliphatic rings. The van der Waals surface area contributed by atoms with E-state index in [-0.39, 0.29) is 12.3 Å². The molecule has 0 spiro atoms. The Hall–Kier alpha value is -3.58. The molecule has 0 bridgehead atoms. The summed E-state index contributed by atoms with van der Waals surface area (Å²) in [4.78, 5) is 31.6. The lowest BCUT2D eigenvalue weighted by molar-refractivity contribution is -0.886. The number of carboxylic acids is 1. The third kappa shape index (κ3) is 4.38. The number of likely N-dealkylation sites (N-methyl/N-ethyl adjacent to an activating group) is 1. The first kappa shape index (κ1) is 21.6. The van der Waals surface area contributed by atoms with Gasteiger partial charge >= 0.3 is 0 Å². The Labute approximate surface area is 186 Å². The number of para-hydroxylation sites is 2. The number of carboxylic acid groups (broad SMARTS) is 1. The zero-order valence-electron chi connectivity index (χ0n) is 18.5. The van der Waals surface area contributed by atoms with E-state index in [1.54, 1.807) is 6.20 Å². The van der Waals surface area contributed by atoms with Crippen molar-refractivity contribution in [3.63, 3.8) is 0 Å². The Morgan fingerprint density at radius 1 is 0.875 bits per heavy atom. The van der Waals surface area contributed by atoms with Crippen molar-refractivity contribution in [2.45, 2.75) is 24.9 Å². The number of aromatic amines is 2. The summed E-state index contributed by atoms with van der Waals surface area (Å²) in [5, 5.41) is 16.7. The fraction of sp³-hybridized carbons (Fsp3) is 0.280. The standard InChI is InChI=1S/C25H28N4O3/c1-29(2,3)23(13-17-15-27-21-11-7-5-9-19(17)21)24(30)28-22(25(31)32)12-16-14-26-20-10-6-4-8-18(16)20/h4-11,14-15,22-23,26-27H,12-13H2,1-3H3,(H-,28,30,31,32)/t22-,23+/m1/s1. The van der Waals surface area contributed by atoms with Crippen molar-refractivity contribution in [3.05, 3.63) is 72.1 Å². The van der Waals surface area contributed by atoms with Crippen molar-refractivity contribution in [1.82, 2.24) is 15.3 Å². The second-order valence-electron chi connectivity index (χ2n) is 9.14. The third-order valence-electron chi connectivity index (χ3n) is 6.03. The highest BCUT2D eigenvalue weighted by atomic mass is 16.4. The smallest absolute Gasteiger partial charge is 0.279 e. The van der Waals surface area contributed by atoms with Crippen molar-refractivity contribution >= 4 is 33.7 Å². The van der Waals surface area contributed by atoms with Gasteiger partial charge in [-0.1, -0.05) is 36.4 Å². The molecule has 3 N–H and O–H groups in total. The van der Waals surface area contributed by atoms with Gasteiger partial charge in [-0.15, -0.1) is 0 Å². The summed E-state index contributed by atoms with van der Waals surface area (Å²) in [5.41, 5.74) is 3.79. The molecule has 2 heterocycles. The van der Waals surface area contributed by atoms with Gasteiger partial charge in [-0.05, 0) is 23.3 Å². The van der Waals surface area contributed by atoms with E-state index in [1.807, 2.05) is 75.9 Å². The van der Waals surface area contributed by atoms with E-state index >= 15 is 0 Å². The van der Waals surface area contributed by atoms with Crippen LogP contribution in [0.1, 0.15) is 11.1 Å². The molecule has 7 nitrogen and oxygen atoms in total. The van der Waals surface area contributed by atoms with Gasteiger partial charge in [0.15, 0.2) is 6.04 Å². The Morgan fingerprint density at radius 3 is 1.88 bits per heavy atom. The summed E-state index contributed by atoms with van der Waals surface area (Å²) >= 11 is 0. The van der Waals surface area contributed by atoms with E-state index < -0.39 is 18.1 Å². The predicted molar refractivity (Wildman–Crippen MR) is 123 cm³/mol. The molecule has 32 heavy (non-hydrogen) atoms. The Kier molecular flexibility index (Phi) is 5.76. The van der Waals surface area contributed by atoms with Crippen LogP contribution in [0.4, 0.5) is 0 Å². The summed E-state index contributed by atoms with van der Waals surface area (Å²) in [6, 6.07) is 14.0. The summed E-state index contributed by atoms with van der Waals surface area (Å²) < 4.78 is 0.359. The molecule has 2 aromatic carbocycles. The first-order valence-corrected chi connectivity index (χ1v) is 10.7. The maximum atomic E-state index is 13.3. The van der Waals surface area contributed by atoms with E-state index in [0.29, 0.717) is 10.9 Å². The molecule has 166 valence electrons. The molecule has 0 saturated carbocycles. The number of amides is 1. The first-order chi connectivity index (χ1) is 15.2. The number of quaternary nitrogens is 1. The fourth-order valence-electron chi connectivity index (χ4n) is 4.21. The summed E-state index contributed by atoms with van der Waals surface area (Å²) in [6.45, 7) is 0. The number of benzene rings is 2. The highest BCUT2D eigenvalue weighted by molar-refractivity contribution is 5.89. The highest BCUT2D eigenvalue weighted by Crippen LogP contribution is 2.22. The lowest BCUT2D eigenvalue weighted by Crippen LogP contribution is -2.59. The number of hydrogen-bond acceptors (Lipinski definition) is 3. The van der Waals surface area contributed by atoms with Crippen LogP contribution in [0.3, 0.4) is 0 Å². The van der Waals surface area contributed by atoms with Gasteiger partial charge in [-0.2, -0.15) is 0 Å². The number of nitrogens with zero attached hydrogens (tertiary/aromatic N) is 1. The van der Waals surface area contributed by atoms with Crippen LogP contribution in [-0.2, 0) is 22.4 Å². The molecular weight excluding hydrogens is 404 g/mol. The van der Waals surface area contributed by atoms with Gasteiger partial charge in [0, 0.05) is 47.0 Å². The largest absolute Gasteiger partial charge is 0.548 e. The number of aliphatic carboxylic acids is 1. The maximum absolute atomic E-state index is 13.3. The van der Waals surface area contributed by atoms with Gasteiger partial charge in [-0.25, -0.2) is 0 Å². The SMILES string of the molecule is C[N+](C)(C)[C@@H](Cc1c[nH]c2ccccc12)C(=O)N[C@H](Cc1c[nH]c2ccccc12)C(=O)[O-]. The van der Waals surface area contributed by atoms with Crippen LogP contribution in [0, 0.1) is 0 Å². The van der Waals surface area contributed by atoms with Gasteiger partial charge in [0.1, 0.15) is 0 Å². The van der Waals surface area contributed by atoms with E-state index in [1.165, 1.54) is 0 Å². The monoisotopic (exact) mass is 432 g/mol. The topological polar surface area (TPSA) is 101 Å². The molecule has 0 aliphatic carbocycles. The lowest BCUT2D eigenvalue weighted by Gasteiger charge is -2.34. The van der Waals surface area contributed by atoms with E-state index in [0.717, 1.165) is 32.9 Å². The molecule has 4 aromatic rings. The van der Waals surface area contributed by atoms with Crippen molar-refractivity contribution in [2.75, 3.05) is 21.1 Å². The number of hydrogen-bond donors (Lipinski definition) is 3. The number of fused-ring (bicyclic) bond motifs is 2. The van der Waals surface area contributed by atoms with E-state index in [9.17, 15) is 14.7 Å². The van der Waals surface area contributed by atoms with Gasteiger partial charge < -0.3 is 29.7 Å². The zero-order chi connectivity index (χ0) is 22.9. The maximum Gasteiger partial charge on any atom is 0.279 e. The number of aromatic nitrogens is 2. The molecule has 1 amide bonds. The molecule has 0 fully saturated rings. The lowest BCUT2D eigenvalue weighted by atomic mass is 10.0. The number of rotatable bonds is 8. The molecule has 0 aliphatic heterocycles. The average Bonchev–Trinajstić information content (AvgIpc) is 3.35. The molecule has 0 radical (unpaired) electrons. The summed E-state index contributed by atoms with van der Waals surface area (Å²) in [6.07, 6.45) is 4.33.